The Morgan fingerprint density at radius 3 is 2.68 bits per heavy atom. The van der Waals surface area contributed by atoms with Crippen molar-refractivity contribution in [3.63, 3.8) is 0 Å². The summed E-state index contributed by atoms with van der Waals surface area (Å²) >= 11 is 0. The van der Waals surface area contributed by atoms with E-state index in [9.17, 15) is 4.79 Å². The molecule has 4 heteroatoms. The van der Waals surface area contributed by atoms with Gasteiger partial charge in [0.25, 0.3) is 0 Å². The maximum atomic E-state index is 11.1. The zero-order valence-electron chi connectivity index (χ0n) is 10.7. The number of carboxylic acids is 1. The van der Waals surface area contributed by atoms with E-state index in [4.69, 9.17) is 5.11 Å². The van der Waals surface area contributed by atoms with Crippen LogP contribution in [-0.2, 0) is 6.42 Å². The first-order valence-corrected chi connectivity index (χ1v) is 6.15. The van der Waals surface area contributed by atoms with Gasteiger partial charge in [0.1, 0.15) is 11.4 Å². The zero-order chi connectivity index (χ0) is 13.7. The predicted molar refractivity (Wildman–Crippen MR) is 74.4 cm³/mol. The molecule has 0 aliphatic carbocycles. The summed E-state index contributed by atoms with van der Waals surface area (Å²) in [5.41, 5.74) is 1.40. The minimum absolute atomic E-state index is 0.107. The largest absolute Gasteiger partial charge is 0.478 e. The number of rotatable bonds is 5. The first-order valence-electron chi connectivity index (χ1n) is 6.15. The Labute approximate surface area is 112 Å². The summed E-state index contributed by atoms with van der Waals surface area (Å²) in [5.74, 6) is -0.555. The molecule has 1 unspecified atom stereocenters. The first kappa shape index (κ1) is 13.1. The lowest BCUT2D eigenvalue weighted by Gasteiger charge is -2.15. The molecule has 0 bridgehead atoms. The quantitative estimate of drug-likeness (QED) is 0.863. The van der Waals surface area contributed by atoms with Crippen molar-refractivity contribution in [2.75, 3.05) is 5.32 Å². The molecule has 0 spiro atoms. The van der Waals surface area contributed by atoms with E-state index in [-0.39, 0.29) is 11.6 Å². The van der Waals surface area contributed by atoms with Crippen LogP contribution in [0, 0.1) is 0 Å². The number of benzene rings is 1. The van der Waals surface area contributed by atoms with Gasteiger partial charge in [-0.25, -0.2) is 9.78 Å². The first-order chi connectivity index (χ1) is 9.16. The molecule has 0 saturated carbocycles. The third-order valence-electron chi connectivity index (χ3n) is 2.81. The van der Waals surface area contributed by atoms with Gasteiger partial charge in [0.15, 0.2) is 0 Å². The highest BCUT2D eigenvalue weighted by Gasteiger charge is 2.12. The Bertz CT molecular complexity index is 555. The van der Waals surface area contributed by atoms with Gasteiger partial charge in [0, 0.05) is 12.2 Å². The highest BCUT2D eigenvalue weighted by atomic mass is 16.4. The van der Waals surface area contributed by atoms with Crippen molar-refractivity contribution in [3.05, 3.63) is 59.8 Å². The number of nitrogens with one attached hydrogen (secondary N) is 1. The second-order valence-corrected chi connectivity index (χ2v) is 4.44. The third-order valence-corrected chi connectivity index (χ3v) is 2.81. The van der Waals surface area contributed by atoms with Crippen LogP contribution < -0.4 is 5.32 Å². The van der Waals surface area contributed by atoms with Gasteiger partial charge in [-0.1, -0.05) is 30.3 Å². The van der Waals surface area contributed by atoms with Crippen LogP contribution in [-0.4, -0.2) is 22.1 Å². The number of hydrogen-bond donors (Lipinski definition) is 2. The second kappa shape index (κ2) is 6.00. The monoisotopic (exact) mass is 256 g/mol. The fraction of sp³-hybridized carbons (Fsp3) is 0.200. The van der Waals surface area contributed by atoms with Crippen molar-refractivity contribution in [2.45, 2.75) is 19.4 Å². The molecular weight excluding hydrogens is 240 g/mol. The molecule has 1 aromatic carbocycles. The lowest BCUT2D eigenvalue weighted by atomic mass is 10.1. The van der Waals surface area contributed by atoms with Crippen LogP contribution >= 0.6 is 0 Å². The molecule has 0 saturated heterocycles. The van der Waals surface area contributed by atoms with E-state index in [2.05, 4.69) is 22.4 Å². The Hall–Kier alpha value is -2.36. The SMILES string of the molecule is CC(Cc1ccccc1)Nc1ncccc1C(=O)O. The van der Waals surface area contributed by atoms with Gasteiger partial charge in [0.2, 0.25) is 0 Å². The highest BCUT2D eigenvalue weighted by molar-refractivity contribution is 5.93. The van der Waals surface area contributed by atoms with E-state index in [1.807, 2.05) is 25.1 Å². The van der Waals surface area contributed by atoms with Crippen LogP contribution in [0.1, 0.15) is 22.8 Å². The lowest BCUT2D eigenvalue weighted by Crippen LogP contribution is -2.20. The smallest absolute Gasteiger partial charge is 0.339 e. The van der Waals surface area contributed by atoms with E-state index in [0.29, 0.717) is 5.82 Å². The number of aromatic nitrogens is 1. The van der Waals surface area contributed by atoms with Crippen molar-refractivity contribution in [2.24, 2.45) is 0 Å². The zero-order valence-corrected chi connectivity index (χ0v) is 10.7. The molecule has 2 aromatic rings. The van der Waals surface area contributed by atoms with Gasteiger partial charge >= 0.3 is 5.97 Å². The molecule has 2 N–H and O–H groups in total. The van der Waals surface area contributed by atoms with Crippen LogP contribution in [0.4, 0.5) is 5.82 Å². The molecule has 1 heterocycles. The fourth-order valence-electron chi connectivity index (χ4n) is 1.94. The molecule has 4 nitrogen and oxygen atoms in total. The molecule has 0 fully saturated rings. The molecule has 19 heavy (non-hydrogen) atoms. The van der Waals surface area contributed by atoms with Gasteiger partial charge in [-0.3, -0.25) is 0 Å². The summed E-state index contributed by atoms with van der Waals surface area (Å²) in [6.07, 6.45) is 2.40. The normalized spacial score (nSPS) is 11.8. The Balaban J connectivity index is 2.07. The minimum Gasteiger partial charge on any atom is -0.478 e. The van der Waals surface area contributed by atoms with Crippen LogP contribution in [0.15, 0.2) is 48.7 Å². The highest BCUT2D eigenvalue weighted by Crippen LogP contribution is 2.14. The molecule has 0 amide bonds. The van der Waals surface area contributed by atoms with Crippen molar-refractivity contribution >= 4 is 11.8 Å². The number of aromatic carboxylic acids is 1. The molecule has 98 valence electrons. The van der Waals surface area contributed by atoms with Gasteiger partial charge in [0.05, 0.1) is 0 Å². The maximum absolute atomic E-state index is 11.1. The van der Waals surface area contributed by atoms with Crippen molar-refractivity contribution in [1.82, 2.24) is 4.98 Å². The molecular formula is C15H16N2O2. The summed E-state index contributed by atoms with van der Waals surface area (Å²) in [5, 5.41) is 12.2. The third kappa shape index (κ3) is 3.55. The number of hydrogen-bond acceptors (Lipinski definition) is 3. The van der Waals surface area contributed by atoms with E-state index < -0.39 is 5.97 Å². The average molecular weight is 256 g/mol. The van der Waals surface area contributed by atoms with Gasteiger partial charge in [-0.2, -0.15) is 0 Å². The van der Waals surface area contributed by atoms with Crippen molar-refractivity contribution in [1.29, 1.82) is 0 Å². The molecule has 1 atom stereocenters. The number of nitrogens with zero attached hydrogens (tertiary/aromatic N) is 1. The minimum atomic E-state index is -0.970. The molecule has 2 rings (SSSR count). The summed E-state index contributed by atoms with van der Waals surface area (Å²) in [6, 6.07) is 13.3. The van der Waals surface area contributed by atoms with Crippen LogP contribution in [0.3, 0.4) is 0 Å². The second-order valence-electron chi connectivity index (χ2n) is 4.44. The molecule has 0 aliphatic rings. The van der Waals surface area contributed by atoms with Gasteiger partial charge in [-0.05, 0) is 31.0 Å². The standard InChI is InChI=1S/C15H16N2O2/c1-11(10-12-6-3-2-4-7-12)17-14-13(15(18)19)8-5-9-16-14/h2-9,11H,10H2,1H3,(H,16,17)(H,18,19). The van der Waals surface area contributed by atoms with Gasteiger partial charge in [-0.15, -0.1) is 0 Å². The Morgan fingerprint density at radius 2 is 2.00 bits per heavy atom. The van der Waals surface area contributed by atoms with Crippen LogP contribution in [0.5, 0.6) is 0 Å². The summed E-state index contributed by atoms with van der Waals surface area (Å²) in [6.45, 7) is 2.01. The maximum Gasteiger partial charge on any atom is 0.339 e. The van der Waals surface area contributed by atoms with Crippen molar-refractivity contribution < 1.29 is 9.90 Å². The van der Waals surface area contributed by atoms with E-state index in [1.165, 1.54) is 5.56 Å². The van der Waals surface area contributed by atoms with Crippen LogP contribution in [0.2, 0.25) is 0 Å². The summed E-state index contributed by atoms with van der Waals surface area (Å²) in [4.78, 5) is 15.2. The number of pyridine rings is 1. The number of anilines is 1. The molecule has 0 radical (unpaired) electrons. The number of carbonyl (C=O) groups is 1. The summed E-state index contributed by atoms with van der Waals surface area (Å²) < 4.78 is 0. The molecule has 1 aromatic heterocycles. The van der Waals surface area contributed by atoms with Crippen LogP contribution in [0.25, 0.3) is 0 Å². The van der Waals surface area contributed by atoms with E-state index in [0.717, 1.165) is 6.42 Å². The Morgan fingerprint density at radius 1 is 1.26 bits per heavy atom. The lowest BCUT2D eigenvalue weighted by molar-refractivity contribution is 0.0697. The topological polar surface area (TPSA) is 62.2 Å². The van der Waals surface area contributed by atoms with E-state index in [1.54, 1.807) is 18.3 Å². The predicted octanol–water partition coefficient (Wildman–Crippen LogP) is 2.82. The fourth-order valence-corrected chi connectivity index (χ4v) is 1.94. The summed E-state index contributed by atoms with van der Waals surface area (Å²) in [7, 11) is 0. The van der Waals surface area contributed by atoms with Gasteiger partial charge < -0.3 is 10.4 Å². The van der Waals surface area contributed by atoms with E-state index >= 15 is 0 Å². The average Bonchev–Trinajstić information content (AvgIpc) is 2.40. The van der Waals surface area contributed by atoms with Crippen molar-refractivity contribution in [3.8, 4) is 0 Å². The Kier molecular flexibility index (Phi) is 4.13. The molecule has 0 aliphatic heterocycles. The number of carboxylic acid groups (broad SMARTS) is 1.